The molecule has 3 aromatic carbocycles. The van der Waals surface area contributed by atoms with E-state index in [9.17, 15) is 0 Å². The van der Waals surface area contributed by atoms with Gasteiger partial charge < -0.3 is 4.90 Å². The zero-order valence-electron chi connectivity index (χ0n) is 24.4. The van der Waals surface area contributed by atoms with Gasteiger partial charge in [-0.25, -0.2) is 0 Å². The van der Waals surface area contributed by atoms with Crippen LogP contribution in [0.5, 0.6) is 0 Å². The topological polar surface area (TPSA) is 6.25 Å². The Bertz CT molecular complexity index is 1720. The Kier molecular flexibility index (Phi) is 6.50. The standard InChI is InChI=1S/C37H38ClN2/c1-36(2)32(39(5)30-23-21-25-13-7-9-17-28(25)34(30)36)19-11-15-27(38)16-12-20-33-37(3,4)35-29-18-10-8-14-26(29)22-24-31(35)40(33)6/h7,9-13,15-24H,8,14H2,1-6H3/q+1. The molecule has 0 spiro atoms. The first kappa shape index (κ1) is 26.6. The number of aryl methyl sites for hydroxylation is 1. The molecule has 40 heavy (non-hydrogen) atoms. The third-order valence-corrected chi connectivity index (χ3v) is 9.33. The van der Waals surface area contributed by atoms with Crippen LogP contribution < -0.4 is 4.90 Å². The summed E-state index contributed by atoms with van der Waals surface area (Å²) in [7, 11) is 4.33. The van der Waals surface area contributed by atoms with E-state index in [1.807, 2.05) is 12.2 Å². The van der Waals surface area contributed by atoms with Crippen molar-refractivity contribution in [3.05, 3.63) is 124 Å². The highest BCUT2D eigenvalue weighted by Gasteiger charge is 2.44. The summed E-state index contributed by atoms with van der Waals surface area (Å²) in [5.41, 5.74) is 10.6. The van der Waals surface area contributed by atoms with Crippen LogP contribution in [0.2, 0.25) is 0 Å². The lowest BCUT2D eigenvalue weighted by Crippen LogP contribution is -2.26. The quantitative estimate of drug-likeness (QED) is 0.234. The second-order valence-corrected chi connectivity index (χ2v) is 12.7. The van der Waals surface area contributed by atoms with E-state index in [2.05, 4.69) is 136 Å². The van der Waals surface area contributed by atoms with Gasteiger partial charge in [0, 0.05) is 46.6 Å². The Morgan fingerprint density at radius 1 is 0.950 bits per heavy atom. The lowest BCUT2D eigenvalue weighted by atomic mass is 9.78. The first-order valence-electron chi connectivity index (χ1n) is 14.2. The fourth-order valence-corrected chi connectivity index (χ4v) is 7.29. The fourth-order valence-electron chi connectivity index (χ4n) is 7.14. The average Bonchev–Trinajstić information content (AvgIpc) is 3.26. The molecule has 2 heterocycles. The van der Waals surface area contributed by atoms with E-state index in [4.69, 9.17) is 11.6 Å². The van der Waals surface area contributed by atoms with Gasteiger partial charge in [0.2, 0.25) is 5.69 Å². The maximum absolute atomic E-state index is 6.67. The highest BCUT2D eigenvalue weighted by Crippen LogP contribution is 2.50. The molecule has 202 valence electrons. The van der Waals surface area contributed by atoms with Gasteiger partial charge in [-0.15, -0.1) is 0 Å². The van der Waals surface area contributed by atoms with E-state index in [-0.39, 0.29) is 10.8 Å². The van der Waals surface area contributed by atoms with E-state index >= 15 is 0 Å². The molecule has 6 rings (SSSR count). The number of hydrogen-bond acceptors (Lipinski definition) is 1. The van der Waals surface area contributed by atoms with Crippen LogP contribution in [0, 0.1) is 0 Å². The molecule has 0 radical (unpaired) electrons. The Labute approximate surface area is 244 Å². The molecular weight excluding hydrogens is 508 g/mol. The molecule has 3 heteroatoms. The number of hydrogen-bond donors (Lipinski definition) is 0. The van der Waals surface area contributed by atoms with Crippen molar-refractivity contribution in [1.29, 1.82) is 0 Å². The molecule has 2 nitrogen and oxygen atoms in total. The number of halogens is 1. The number of benzene rings is 3. The fraction of sp³-hybridized carbons (Fsp3) is 0.270. The molecule has 0 unspecified atom stereocenters. The summed E-state index contributed by atoms with van der Waals surface area (Å²) < 4.78 is 2.31. The molecule has 0 amide bonds. The highest BCUT2D eigenvalue weighted by atomic mass is 35.5. The van der Waals surface area contributed by atoms with Gasteiger partial charge in [0.05, 0.1) is 5.41 Å². The molecule has 0 saturated heterocycles. The van der Waals surface area contributed by atoms with E-state index in [1.54, 1.807) is 0 Å². The summed E-state index contributed by atoms with van der Waals surface area (Å²) in [4.78, 5) is 2.33. The lowest BCUT2D eigenvalue weighted by molar-refractivity contribution is -0.401. The van der Waals surface area contributed by atoms with Crippen LogP contribution in [0.3, 0.4) is 0 Å². The van der Waals surface area contributed by atoms with Crippen molar-refractivity contribution >= 4 is 45.5 Å². The van der Waals surface area contributed by atoms with E-state index in [0.29, 0.717) is 5.03 Å². The van der Waals surface area contributed by atoms with Crippen molar-refractivity contribution in [2.24, 2.45) is 0 Å². The van der Waals surface area contributed by atoms with Crippen molar-refractivity contribution in [1.82, 2.24) is 0 Å². The van der Waals surface area contributed by atoms with Crippen molar-refractivity contribution < 1.29 is 4.58 Å². The van der Waals surface area contributed by atoms with Crippen LogP contribution in [0.1, 0.15) is 56.4 Å². The summed E-state index contributed by atoms with van der Waals surface area (Å²) in [5, 5.41) is 3.31. The highest BCUT2D eigenvalue weighted by molar-refractivity contribution is 6.31. The van der Waals surface area contributed by atoms with Crippen molar-refractivity contribution in [3.8, 4) is 0 Å². The molecule has 3 aromatic rings. The molecule has 0 bridgehead atoms. The number of allylic oxidation sites excluding steroid dienone is 9. The normalized spacial score (nSPS) is 20.3. The minimum Gasteiger partial charge on any atom is -0.347 e. The minimum absolute atomic E-state index is 0.0774. The minimum atomic E-state index is -0.107. The van der Waals surface area contributed by atoms with Crippen molar-refractivity contribution in [2.45, 2.75) is 51.4 Å². The van der Waals surface area contributed by atoms with Gasteiger partial charge in [-0.3, -0.25) is 0 Å². The molecule has 1 aliphatic carbocycles. The number of nitrogens with zero attached hydrogens (tertiary/aromatic N) is 2. The summed E-state index contributed by atoms with van der Waals surface area (Å²) in [6, 6.07) is 17.7. The van der Waals surface area contributed by atoms with Gasteiger partial charge in [-0.05, 0) is 84.5 Å². The van der Waals surface area contributed by atoms with Gasteiger partial charge in [0.15, 0.2) is 5.71 Å². The van der Waals surface area contributed by atoms with Crippen LogP contribution in [0.4, 0.5) is 11.4 Å². The van der Waals surface area contributed by atoms with Gasteiger partial charge >= 0.3 is 0 Å². The molecule has 0 aromatic heterocycles. The average molecular weight is 546 g/mol. The zero-order chi connectivity index (χ0) is 28.2. The maximum Gasteiger partial charge on any atom is 0.210 e. The predicted octanol–water partition coefficient (Wildman–Crippen LogP) is 9.35. The zero-order valence-corrected chi connectivity index (χ0v) is 25.2. The maximum atomic E-state index is 6.67. The van der Waals surface area contributed by atoms with Gasteiger partial charge in [0.1, 0.15) is 7.05 Å². The van der Waals surface area contributed by atoms with E-state index in [1.165, 1.54) is 55.8 Å². The molecule has 0 fully saturated rings. The molecule has 0 N–H and O–H groups in total. The summed E-state index contributed by atoms with van der Waals surface area (Å²) >= 11 is 6.67. The molecule has 3 aliphatic rings. The Balaban J connectivity index is 1.23. The first-order chi connectivity index (χ1) is 19.1. The summed E-state index contributed by atoms with van der Waals surface area (Å²) in [6.07, 6.45) is 19.4. The van der Waals surface area contributed by atoms with Crippen LogP contribution in [-0.2, 0) is 17.3 Å². The summed E-state index contributed by atoms with van der Waals surface area (Å²) in [6.45, 7) is 9.28. The molecule has 0 atom stereocenters. The Hall–Kier alpha value is -3.62. The Morgan fingerprint density at radius 2 is 1.75 bits per heavy atom. The summed E-state index contributed by atoms with van der Waals surface area (Å²) in [5.74, 6) is 0. The smallest absolute Gasteiger partial charge is 0.210 e. The SMILES string of the molecule is CN1C(=CC=CC(Cl)=CC=CC2=[N+](C)c3ccc4ccccc4c3C2(C)C)C(C)(C)c2c1ccc1c2C=CCC1. The molecular formula is C37H38ClN2+. The van der Waals surface area contributed by atoms with Gasteiger partial charge in [-0.1, -0.05) is 80.1 Å². The Morgan fingerprint density at radius 3 is 2.58 bits per heavy atom. The lowest BCUT2D eigenvalue weighted by Gasteiger charge is -2.25. The monoisotopic (exact) mass is 545 g/mol. The molecule has 2 aliphatic heterocycles. The first-order valence-corrected chi connectivity index (χ1v) is 14.6. The van der Waals surface area contributed by atoms with Crippen LogP contribution in [0.25, 0.3) is 16.8 Å². The van der Waals surface area contributed by atoms with Crippen LogP contribution >= 0.6 is 11.6 Å². The number of fused-ring (bicyclic) bond motifs is 6. The van der Waals surface area contributed by atoms with E-state index < -0.39 is 0 Å². The largest absolute Gasteiger partial charge is 0.347 e. The molecule has 0 saturated carbocycles. The third kappa shape index (κ3) is 4.12. The third-order valence-electron chi connectivity index (χ3n) is 9.08. The number of anilines is 1. The van der Waals surface area contributed by atoms with Crippen LogP contribution in [0.15, 0.2) is 102 Å². The second kappa shape index (κ2) is 9.78. The van der Waals surface area contributed by atoms with Crippen molar-refractivity contribution in [2.75, 3.05) is 19.0 Å². The van der Waals surface area contributed by atoms with Gasteiger partial charge in [0.25, 0.3) is 0 Å². The van der Waals surface area contributed by atoms with E-state index in [0.717, 1.165) is 12.8 Å². The predicted molar refractivity (Wildman–Crippen MR) is 173 cm³/mol. The number of rotatable bonds is 4. The van der Waals surface area contributed by atoms with Crippen LogP contribution in [-0.4, -0.2) is 24.4 Å². The van der Waals surface area contributed by atoms with Crippen molar-refractivity contribution in [3.63, 3.8) is 0 Å². The van der Waals surface area contributed by atoms with Gasteiger partial charge in [-0.2, -0.15) is 4.58 Å². The second-order valence-electron chi connectivity index (χ2n) is 12.2. The number of likely N-dealkylation sites (N-methyl/N-ethyl adjacent to an activating group) is 1.